The summed E-state index contributed by atoms with van der Waals surface area (Å²) in [6, 6.07) is 11.8. The van der Waals surface area contributed by atoms with E-state index in [4.69, 9.17) is 27.9 Å². The fourth-order valence-corrected chi connectivity index (χ4v) is 2.89. The minimum Gasteiger partial charge on any atom is -0.457 e. The van der Waals surface area contributed by atoms with Crippen LogP contribution in [-0.2, 0) is 4.79 Å². The molecule has 0 saturated carbocycles. The first-order valence-corrected chi connectivity index (χ1v) is 9.31. The summed E-state index contributed by atoms with van der Waals surface area (Å²) >= 11 is 11.9. The number of rotatable bonds is 6. The maximum atomic E-state index is 12.4. The van der Waals surface area contributed by atoms with Crippen molar-refractivity contribution in [1.29, 1.82) is 0 Å². The third-order valence-corrected chi connectivity index (χ3v) is 4.73. The molecule has 0 atom stereocenters. The molecule has 1 N–H and O–H groups in total. The second-order valence-electron chi connectivity index (χ2n) is 6.05. The molecule has 27 heavy (non-hydrogen) atoms. The van der Waals surface area contributed by atoms with Gasteiger partial charge in [0.2, 0.25) is 0 Å². The molecule has 0 spiro atoms. The number of hydrogen-bond donors (Lipinski definition) is 1. The van der Waals surface area contributed by atoms with E-state index >= 15 is 0 Å². The van der Waals surface area contributed by atoms with E-state index in [0.29, 0.717) is 28.1 Å². The Morgan fingerprint density at radius 1 is 1.07 bits per heavy atom. The fourth-order valence-electron chi connectivity index (χ4n) is 2.60. The van der Waals surface area contributed by atoms with Gasteiger partial charge in [-0.05, 0) is 42.3 Å². The van der Waals surface area contributed by atoms with Crippen molar-refractivity contribution in [2.75, 3.05) is 6.54 Å². The molecule has 0 aromatic heterocycles. The zero-order chi connectivity index (χ0) is 19.4. The molecule has 1 heterocycles. The average Bonchev–Trinajstić information content (AvgIpc) is 2.90. The van der Waals surface area contributed by atoms with Crippen molar-refractivity contribution in [3.63, 3.8) is 0 Å². The van der Waals surface area contributed by atoms with Crippen molar-refractivity contribution in [2.24, 2.45) is 0 Å². The molecule has 140 valence electrons. The lowest BCUT2D eigenvalue weighted by molar-refractivity contribution is -0.122. The Kier molecular flexibility index (Phi) is 6.04. The van der Waals surface area contributed by atoms with Crippen LogP contribution in [0.25, 0.3) is 6.08 Å². The van der Waals surface area contributed by atoms with E-state index in [1.54, 1.807) is 42.5 Å². The molecule has 0 aliphatic carbocycles. The van der Waals surface area contributed by atoms with Gasteiger partial charge in [-0.3, -0.25) is 9.69 Å². The fraction of sp³-hybridized carbons (Fsp3) is 0.200. The monoisotopic (exact) mass is 404 g/mol. The third-order valence-electron chi connectivity index (χ3n) is 3.99. The van der Waals surface area contributed by atoms with Crippen LogP contribution in [0.1, 0.15) is 25.3 Å². The maximum absolute atomic E-state index is 12.4. The number of urea groups is 1. The molecule has 1 aliphatic rings. The Morgan fingerprint density at radius 2 is 1.85 bits per heavy atom. The van der Waals surface area contributed by atoms with Crippen molar-refractivity contribution < 1.29 is 14.3 Å². The molecule has 1 fully saturated rings. The standard InChI is InChI=1S/C20H18Cl2N2O3/c1-2-3-9-24-19(25)18(23-20(24)26)11-13-5-4-6-14(10-13)27-15-7-8-16(21)17(22)12-15/h4-8,10-12H,2-3,9H2,1H3,(H,23,26). The van der Waals surface area contributed by atoms with Gasteiger partial charge in [-0.1, -0.05) is 48.7 Å². The summed E-state index contributed by atoms with van der Waals surface area (Å²) in [5.74, 6) is 0.803. The summed E-state index contributed by atoms with van der Waals surface area (Å²) in [6.07, 6.45) is 3.32. The number of nitrogens with one attached hydrogen (secondary N) is 1. The van der Waals surface area contributed by atoms with Crippen LogP contribution in [0.2, 0.25) is 10.0 Å². The summed E-state index contributed by atoms with van der Waals surface area (Å²) in [7, 11) is 0. The molecule has 3 amide bonds. The number of ether oxygens (including phenoxy) is 1. The Labute approximate surface area is 167 Å². The number of hydrogen-bond acceptors (Lipinski definition) is 3. The predicted molar refractivity (Wildman–Crippen MR) is 106 cm³/mol. The van der Waals surface area contributed by atoms with Gasteiger partial charge in [-0.15, -0.1) is 0 Å². The Bertz CT molecular complexity index is 912. The molecule has 0 radical (unpaired) electrons. The van der Waals surface area contributed by atoms with Crippen LogP contribution in [0.3, 0.4) is 0 Å². The van der Waals surface area contributed by atoms with Crippen molar-refractivity contribution in [1.82, 2.24) is 10.2 Å². The Balaban J connectivity index is 1.77. The van der Waals surface area contributed by atoms with Crippen molar-refractivity contribution >= 4 is 41.2 Å². The van der Waals surface area contributed by atoms with Gasteiger partial charge in [0.15, 0.2) is 0 Å². The number of imide groups is 1. The highest BCUT2D eigenvalue weighted by Crippen LogP contribution is 2.30. The van der Waals surface area contributed by atoms with Gasteiger partial charge in [-0.25, -0.2) is 4.79 Å². The molecule has 2 aromatic rings. The van der Waals surface area contributed by atoms with Gasteiger partial charge in [0.05, 0.1) is 10.0 Å². The van der Waals surface area contributed by atoms with Crippen LogP contribution in [-0.4, -0.2) is 23.4 Å². The average molecular weight is 405 g/mol. The highest BCUT2D eigenvalue weighted by Gasteiger charge is 2.32. The number of carbonyl (C=O) groups is 2. The van der Waals surface area contributed by atoms with Gasteiger partial charge in [0.25, 0.3) is 5.91 Å². The highest BCUT2D eigenvalue weighted by atomic mass is 35.5. The smallest absolute Gasteiger partial charge is 0.329 e. The largest absolute Gasteiger partial charge is 0.457 e. The number of benzene rings is 2. The summed E-state index contributed by atoms with van der Waals surface area (Å²) in [4.78, 5) is 25.6. The maximum Gasteiger partial charge on any atom is 0.329 e. The first-order chi connectivity index (χ1) is 13.0. The normalized spacial score (nSPS) is 15.4. The van der Waals surface area contributed by atoms with Gasteiger partial charge in [-0.2, -0.15) is 0 Å². The molecule has 0 unspecified atom stereocenters. The second-order valence-corrected chi connectivity index (χ2v) is 6.86. The summed E-state index contributed by atoms with van der Waals surface area (Å²) < 4.78 is 5.79. The highest BCUT2D eigenvalue weighted by molar-refractivity contribution is 6.42. The topological polar surface area (TPSA) is 58.6 Å². The summed E-state index contributed by atoms with van der Waals surface area (Å²) in [5.41, 5.74) is 0.983. The predicted octanol–water partition coefficient (Wildman–Crippen LogP) is 5.48. The number of unbranched alkanes of at least 4 members (excludes halogenated alkanes) is 1. The summed E-state index contributed by atoms with van der Waals surface area (Å²) in [5, 5.41) is 3.47. The van der Waals surface area contributed by atoms with Gasteiger partial charge < -0.3 is 10.1 Å². The zero-order valence-corrected chi connectivity index (χ0v) is 16.2. The van der Waals surface area contributed by atoms with E-state index in [-0.39, 0.29) is 17.6 Å². The van der Waals surface area contributed by atoms with Gasteiger partial charge in [0.1, 0.15) is 17.2 Å². The lowest BCUT2D eigenvalue weighted by Gasteiger charge is -2.10. The minimum absolute atomic E-state index is 0.253. The molecule has 5 nitrogen and oxygen atoms in total. The van der Waals surface area contributed by atoms with Crippen LogP contribution in [0, 0.1) is 0 Å². The Hall–Kier alpha value is -2.50. The van der Waals surface area contributed by atoms with E-state index in [0.717, 1.165) is 18.4 Å². The van der Waals surface area contributed by atoms with Crippen LogP contribution < -0.4 is 10.1 Å². The minimum atomic E-state index is -0.386. The summed E-state index contributed by atoms with van der Waals surface area (Å²) in [6.45, 7) is 2.42. The lowest BCUT2D eigenvalue weighted by atomic mass is 10.1. The second kappa shape index (κ2) is 8.46. The molecule has 1 saturated heterocycles. The van der Waals surface area contributed by atoms with E-state index in [1.807, 2.05) is 13.0 Å². The number of halogens is 2. The SMILES string of the molecule is CCCCN1C(=O)NC(=Cc2cccc(Oc3ccc(Cl)c(Cl)c3)c2)C1=O. The van der Waals surface area contributed by atoms with E-state index in [9.17, 15) is 9.59 Å². The van der Waals surface area contributed by atoms with Crippen LogP contribution >= 0.6 is 23.2 Å². The van der Waals surface area contributed by atoms with Crippen molar-refractivity contribution in [2.45, 2.75) is 19.8 Å². The molecular formula is C20H18Cl2N2O3. The van der Waals surface area contributed by atoms with E-state index < -0.39 is 0 Å². The Morgan fingerprint density at radius 3 is 2.59 bits per heavy atom. The van der Waals surface area contributed by atoms with Crippen LogP contribution in [0.15, 0.2) is 48.2 Å². The number of carbonyl (C=O) groups excluding carboxylic acids is 2. The molecule has 3 rings (SSSR count). The number of amides is 3. The first kappa shape index (κ1) is 19.3. The van der Waals surface area contributed by atoms with E-state index in [1.165, 1.54) is 4.90 Å². The van der Waals surface area contributed by atoms with Gasteiger partial charge >= 0.3 is 6.03 Å². The molecular weight excluding hydrogens is 387 g/mol. The number of nitrogens with zero attached hydrogens (tertiary/aromatic N) is 1. The molecule has 7 heteroatoms. The quantitative estimate of drug-likeness (QED) is 0.512. The molecule has 1 aliphatic heterocycles. The first-order valence-electron chi connectivity index (χ1n) is 8.55. The third kappa shape index (κ3) is 4.62. The molecule has 0 bridgehead atoms. The zero-order valence-electron chi connectivity index (χ0n) is 14.7. The molecule has 2 aromatic carbocycles. The van der Waals surface area contributed by atoms with Gasteiger partial charge in [0, 0.05) is 12.6 Å². The van der Waals surface area contributed by atoms with Crippen LogP contribution in [0.5, 0.6) is 11.5 Å². The van der Waals surface area contributed by atoms with Crippen LogP contribution in [0.4, 0.5) is 4.79 Å². The van der Waals surface area contributed by atoms with Crippen molar-refractivity contribution in [3.05, 3.63) is 63.8 Å². The van der Waals surface area contributed by atoms with E-state index in [2.05, 4.69) is 5.32 Å². The lowest BCUT2D eigenvalue weighted by Crippen LogP contribution is -2.31. The van der Waals surface area contributed by atoms with Crippen molar-refractivity contribution in [3.8, 4) is 11.5 Å².